The predicted octanol–water partition coefficient (Wildman–Crippen LogP) is 4.13. The van der Waals surface area contributed by atoms with Crippen LogP contribution in [0.5, 0.6) is 0 Å². The minimum Gasteiger partial charge on any atom is -0.469 e. The molecule has 0 saturated carbocycles. The van der Waals surface area contributed by atoms with Crippen molar-refractivity contribution < 1.29 is 19.1 Å². The molecule has 36 heavy (non-hydrogen) atoms. The van der Waals surface area contributed by atoms with Gasteiger partial charge in [-0.25, -0.2) is 0 Å². The SMILES string of the molecule is COC(=O)CCC(=O)Nc1ccccc1C(=O)N1CCN(C(c2ccccc2)c2ccccc2)CC1. The summed E-state index contributed by atoms with van der Waals surface area (Å²) < 4.78 is 4.59. The van der Waals surface area contributed by atoms with Crippen molar-refractivity contribution >= 4 is 23.5 Å². The van der Waals surface area contributed by atoms with Crippen LogP contribution in [-0.2, 0) is 14.3 Å². The molecule has 4 rings (SSSR count). The summed E-state index contributed by atoms with van der Waals surface area (Å²) in [5, 5.41) is 2.78. The molecule has 0 radical (unpaired) electrons. The Morgan fingerprint density at radius 3 is 1.92 bits per heavy atom. The average Bonchev–Trinajstić information content (AvgIpc) is 2.93. The third kappa shape index (κ3) is 6.17. The van der Waals surface area contributed by atoms with E-state index in [1.165, 1.54) is 18.2 Å². The fourth-order valence-electron chi connectivity index (χ4n) is 4.55. The molecule has 3 aromatic rings. The molecule has 0 bridgehead atoms. The number of carbonyl (C=O) groups is 3. The highest BCUT2D eigenvalue weighted by atomic mass is 16.5. The Labute approximate surface area is 211 Å². The van der Waals surface area contributed by atoms with Crippen LogP contribution < -0.4 is 5.32 Å². The third-order valence-electron chi connectivity index (χ3n) is 6.41. The van der Waals surface area contributed by atoms with E-state index in [1.54, 1.807) is 24.3 Å². The summed E-state index contributed by atoms with van der Waals surface area (Å²) in [5.41, 5.74) is 3.35. The van der Waals surface area contributed by atoms with Crippen LogP contribution in [0, 0.1) is 0 Å². The topological polar surface area (TPSA) is 78.9 Å². The minimum atomic E-state index is -0.448. The van der Waals surface area contributed by atoms with Gasteiger partial charge in [-0.15, -0.1) is 0 Å². The van der Waals surface area contributed by atoms with E-state index >= 15 is 0 Å². The standard InChI is InChI=1S/C29H31N3O4/c1-36-27(34)17-16-26(33)30-25-15-9-8-14-24(25)29(35)32-20-18-31(19-21-32)28(22-10-4-2-5-11-22)23-12-6-3-7-13-23/h2-15,28H,16-21H2,1H3,(H,30,33). The van der Waals surface area contributed by atoms with Crippen LogP contribution in [0.15, 0.2) is 84.9 Å². The molecule has 3 aromatic carbocycles. The molecular weight excluding hydrogens is 454 g/mol. The Morgan fingerprint density at radius 2 is 1.33 bits per heavy atom. The lowest BCUT2D eigenvalue weighted by molar-refractivity contribution is -0.141. The number of hydrogen-bond donors (Lipinski definition) is 1. The van der Waals surface area contributed by atoms with Crippen LogP contribution in [0.2, 0.25) is 0 Å². The number of anilines is 1. The quantitative estimate of drug-likeness (QED) is 0.486. The number of hydrogen-bond acceptors (Lipinski definition) is 5. The Balaban J connectivity index is 1.44. The third-order valence-corrected chi connectivity index (χ3v) is 6.41. The van der Waals surface area contributed by atoms with Gasteiger partial charge in [0.2, 0.25) is 5.91 Å². The second-order valence-electron chi connectivity index (χ2n) is 8.72. The lowest BCUT2D eigenvalue weighted by Gasteiger charge is -2.40. The van der Waals surface area contributed by atoms with Gasteiger partial charge >= 0.3 is 5.97 Å². The number of nitrogens with one attached hydrogen (secondary N) is 1. The lowest BCUT2D eigenvalue weighted by Crippen LogP contribution is -2.50. The first-order valence-electron chi connectivity index (χ1n) is 12.2. The van der Waals surface area contributed by atoms with Crippen molar-refractivity contribution in [3.05, 3.63) is 102 Å². The molecule has 1 aliphatic rings. The number of rotatable bonds is 8. The zero-order chi connectivity index (χ0) is 25.3. The van der Waals surface area contributed by atoms with Gasteiger partial charge in [-0.05, 0) is 23.3 Å². The maximum atomic E-state index is 13.4. The highest BCUT2D eigenvalue weighted by molar-refractivity contribution is 6.04. The van der Waals surface area contributed by atoms with Gasteiger partial charge in [0, 0.05) is 32.6 Å². The van der Waals surface area contributed by atoms with Crippen molar-refractivity contribution in [2.75, 3.05) is 38.6 Å². The van der Waals surface area contributed by atoms with Crippen LogP contribution in [0.3, 0.4) is 0 Å². The highest BCUT2D eigenvalue weighted by Crippen LogP contribution is 2.30. The van der Waals surface area contributed by atoms with Crippen molar-refractivity contribution in [2.24, 2.45) is 0 Å². The van der Waals surface area contributed by atoms with Crippen LogP contribution in [0.1, 0.15) is 40.4 Å². The summed E-state index contributed by atoms with van der Waals surface area (Å²) >= 11 is 0. The predicted molar refractivity (Wildman–Crippen MR) is 139 cm³/mol. The Kier molecular flexibility index (Phi) is 8.47. The Morgan fingerprint density at radius 1 is 0.778 bits per heavy atom. The van der Waals surface area contributed by atoms with E-state index in [0.717, 1.165) is 13.1 Å². The minimum absolute atomic E-state index is 0.00572. The van der Waals surface area contributed by atoms with E-state index in [9.17, 15) is 14.4 Å². The maximum absolute atomic E-state index is 13.4. The second-order valence-corrected chi connectivity index (χ2v) is 8.72. The van der Waals surface area contributed by atoms with Gasteiger partial charge in [0.15, 0.2) is 0 Å². The van der Waals surface area contributed by atoms with Gasteiger partial charge in [-0.1, -0.05) is 72.8 Å². The van der Waals surface area contributed by atoms with Gasteiger partial charge in [-0.2, -0.15) is 0 Å². The Bertz CT molecular complexity index is 1140. The number of methoxy groups -OCH3 is 1. The number of ether oxygens (including phenoxy) is 1. The highest BCUT2D eigenvalue weighted by Gasteiger charge is 2.29. The first-order chi connectivity index (χ1) is 17.6. The number of nitrogens with zero attached hydrogens (tertiary/aromatic N) is 2. The molecule has 0 unspecified atom stereocenters. The fourth-order valence-corrected chi connectivity index (χ4v) is 4.55. The molecule has 1 saturated heterocycles. The largest absolute Gasteiger partial charge is 0.469 e. The van der Waals surface area contributed by atoms with Crippen molar-refractivity contribution in [1.82, 2.24) is 9.80 Å². The number of carbonyl (C=O) groups excluding carboxylic acids is 3. The second kappa shape index (κ2) is 12.1. The molecule has 0 spiro atoms. The van der Waals surface area contributed by atoms with Crippen LogP contribution in [0.4, 0.5) is 5.69 Å². The van der Waals surface area contributed by atoms with E-state index in [-0.39, 0.29) is 30.7 Å². The molecule has 1 aliphatic heterocycles. The monoisotopic (exact) mass is 485 g/mol. The molecule has 1 N–H and O–H groups in total. The molecule has 1 fully saturated rings. The smallest absolute Gasteiger partial charge is 0.306 e. The molecule has 7 nitrogen and oxygen atoms in total. The maximum Gasteiger partial charge on any atom is 0.306 e. The van der Waals surface area contributed by atoms with E-state index in [2.05, 4.69) is 63.5 Å². The van der Waals surface area contributed by atoms with Crippen molar-refractivity contribution in [3.8, 4) is 0 Å². The normalized spacial score (nSPS) is 13.9. The summed E-state index contributed by atoms with van der Waals surface area (Å²) in [6, 6.07) is 28.0. The van der Waals surface area contributed by atoms with Crippen molar-refractivity contribution in [1.29, 1.82) is 0 Å². The molecule has 0 atom stereocenters. The van der Waals surface area contributed by atoms with Gasteiger partial charge in [0.05, 0.1) is 30.8 Å². The zero-order valence-corrected chi connectivity index (χ0v) is 20.4. The molecule has 2 amide bonds. The number of amides is 2. The van der Waals surface area contributed by atoms with Crippen molar-refractivity contribution in [2.45, 2.75) is 18.9 Å². The lowest BCUT2D eigenvalue weighted by atomic mass is 9.96. The number of esters is 1. The van der Waals surface area contributed by atoms with Crippen molar-refractivity contribution in [3.63, 3.8) is 0 Å². The molecule has 186 valence electrons. The van der Waals surface area contributed by atoms with Gasteiger partial charge in [0.25, 0.3) is 5.91 Å². The van der Waals surface area contributed by atoms with Gasteiger partial charge < -0.3 is 15.0 Å². The summed E-state index contributed by atoms with van der Waals surface area (Å²) in [7, 11) is 1.29. The summed E-state index contributed by atoms with van der Waals surface area (Å²) in [5.74, 6) is -0.898. The fraction of sp³-hybridized carbons (Fsp3) is 0.276. The van der Waals surface area contributed by atoms with Crippen LogP contribution >= 0.6 is 0 Å². The molecular formula is C29H31N3O4. The summed E-state index contributed by atoms with van der Waals surface area (Å²) in [6.45, 7) is 2.63. The first kappa shape index (κ1) is 25.1. The molecule has 0 aromatic heterocycles. The molecule has 0 aliphatic carbocycles. The van der Waals surface area contributed by atoms with E-state index in [1.807, 2.05) is 17.0 Å². The number of para-hydroxylation sites is 1. The molecule has 1 heterocycles. The summed E-state index contributed by atoms with van der Waals surface area (Å²) in [6.07, 6.45) is -0.0152. The zero-order valence-electron chi connectivity index (χ0n) is 20.4. The van der Waals surface area contributed by atoms with Crippen LogP contribution in [0.25, 0.3) is 0 Å². The van der Waals surface area contributed by atoms with E-state index < -0.39 is 5.97 Å². The Hall–Kier alpha value is -3.97. The van der Waals surface area contributed by atoms with E-state index in [4.69, 9.17) is 0 Å². The van der Waals surface area contributed by atoms with Gasteiger partial charge in [-0.3, -0.25) is 19.3 Å². The first-order valence-corrected chi connectivity index (χ1v) is 12.2. The molecule has 7 heteroatoms. The number of benzene rings is 3. The summed E-state index contributed by atoms with van der Waals surface area (Å²) in [4.78, 5) is 41.3. The average molecular weight is 486 g/mol. The van der Waals surface area contributed by atoms with Gasteiger partial charge in [0.1, 0.15) is 0 Å². The number of piperazine rings is 1. The van der Waals surface area contributed by atoms with E-state index in [0.29, 0.717) is 24.3 Å². The van der Waals surface area contributed by atoms with Crippen LogP contribution in [-0.4, -0.2) is 60.9 Å².